The smallest absolute Gasteiger partial charge is 0.332 e. The standard InChI is InChI=1S/C19H18N4O3/c1-23-15(8-9-20-23)17(19(25)26)22-18(24)16-13(11-6-7-11)10-12-4-2-3-5-14(12)21-16/h2-5,8-11,17H,6-7H2,1H3,(H,22,24)(H,25,26). The quantitative estimate of drug-likeness (QED) is 0.736. The fourth-order valence-corrected chi connectivity index (χ4v) is 3.15. The zero-order valence-corrected chi connectivity index (χ0v) is 14.2. The van der Waals surface area contributed by atoms with Gasteiger partial charge in [-0.3, -0.25) is 9.48 Å². The summed E-state index contributed by atoms with van der Waals surface area (Å²) in [5, 5.41) is 17.1. The number of hydrogen-bond donors (Lipinski definition) is 2. The molecule has 26 heavy (non-hydrogen) atoms. The van der Waals surface area contributed by atoms with Gasteiger partial charge >= 0.3 is 5.97 Å². The number of para-hydroxylation sites is 1. The van der Waals surface area contributed by atoms with Crippen molar-refractivity contribution in [2.75, 3.05) is 0 Å². The highest BCUT2D eigenvalue weighted by atomic mass is 16.4. The summed E-state index contributed by atoms with van der Waals surface area (Å²) in [6.07, 6.45) is 3.54. The van der Waals surface area contributed by atoms with Gasteiger partial charge in [-0.2, -0.15) is 5.10 Å². The fraction of sp³-hybridized carbons (Fsp3) is 0.263. The van der Waals surface area contributed by atoms with Crippen molar-refractivity contribution in [3.8, 4) is 0 Å². The number of aromatic nitrogens is 3. The molecule has 1 aliphatic rings. The second-order valence-corrected chi connectivity index (χ2v) is 6.52. The van der Waals surface area contributed by atoms with Crippen LogP contribution in [-0.4, -0.2) is 31.7 Å². The third kappa shape index (κ3) is 2.92. The SMILES string of the molecule is Cn1nccc1C(NC(=O)c1nc2ccccc2cc1C1CC1)C(=O)O. The lowest BCUT2D eigenvalue weighted by Gasteiger charge is -2.16. The van der Waals surface area contributed by atoms with E-state index in [4.69, 9.17) is 0 Å². The van der Waals surface area contributed by atoms with Crippen molar-refractivity contribution >= 4 is 22.8 Å². The van der Waals surface area contributed by atoms with E-state index in [-0.39, 0.29) is 0 Å². The van der Waals surface area contributed by atoms with Crippen LogP contribution in [0, 0.1) is 0 Å². The second-order valence-electron chi connectivity index (χ2n) is 6.52. The number of nitrogens with one attached hydrogen (secondary N) is 1. The van der Waals surface area contributed by atoms with Gasteiger partial charge in [0.25, 0.3) is 5.91 Å². The van der Waals surface area contributed by atoms with E-state index in [2.05, 4.69) is 15.4 Å². The van der Waals surface area contributed by atoms with Crippen molar-refractivity contribution in [2.45, 2.75) is 24.8 Å². The molecule has 0 bridgehead atoms. The van der Waals surface area contributed by atoms with E-state index in [1.54, 1.807) is 13.1 Å². The van der Waals surface area contributed by atoms with Crippen LogP contribution in [0.3, 0.4) is 0 Å². The predicted molar refractivity (Wildman–Crippen MR) is 94.8 cm³/mol. The van der Waals surface area contributed by atoms with E-state index < -0.39 is 17.9 Å². The van der Waals surface area contributed by atoms with E-state index >= 15 is 0 Å². The highest BCUT2D eigenvalue weighted by Gasteiger charge is 2.32. The Morgan fingerprint density at radius 1 is 1.27 bits per heavy atom. The molecule has 1 unspecified atom stereocenters. The summed E-state index contributed by atoms with van der Waals surface area (Å²) in [7, 11) is 1.64. The van der Waals surface area contributed by atoms with Crippen LogP contribution in [0.4, 0.5) is 0 Å². The van der Waals surface area contributed by atoms with Gasteiger partial charge in [-0.05, 0) is 42.5 Å². The third-order valence-corrected chi connectivity index (χ3v) is 4.66. The van der Waals surface area contributed by atoms with E-state index in [0.717, 1.165) is 29.3 Å². The van der Waals surface area contributed by atoms with Crippen LogP contribution < -0.4 is 5.32 Å². The first-order valence-corrected chi connectivity index (χ1v) is 8.46. The van der Waals surface area contributed by atoms with Crippen LogP contribution in [0.2, 0.25) is 0 Å². The van der Waals surface area contributed by atoms with E-state index in [9.17, 15) is 14.7 Å². The maximum atomic E-state index is 12.9. The van der Waals surface area contributed by atoms with E-state index in [0.29, 0.717) is 17.3 Å². The second kappa shape index (κ2) is 6.25. The normalized spacial score (nSPS) is 15.0. The Balaban J connectivity index is 1.72. The molecule has 1 aromatic carbocycles. The molecule has 3 aromatic rings. The Kier molecular flexibility index (Phi) is 3.91. The number of rotatable bonds is 5. The van der Waals surface area contributed by atoms with E-state index in [1.807, 2.05) is 30.3 Å². The molecule has 7 nitrogen and oxygen atoms in total. The molecule has 0 saturated heterocycles. The number of carbonyl (C=O) groups is 2. The number of carbonyl (C=O) groups excluding carboxylic acids is 1. The Hall–Kier alpha value is -3.22. The molecular weight excluding hydrogens is 332 g/mol. The summed E-state index contributed by atoms with van der Waals surface area (Å²) in [6.45, 7) is 0. The third-order valence-electron chi connectivity index (χ3n) is 4.66. The number of benzene rings is 1. The van der Waals surface area contributed by atoms with Crippen molar-refractivity contribution in [3.63, 3.8) is 0 Å². The van der Waals surface area contributed by atoms with Gasteiger partial charge in [0.05, 0.1) is 11.2 Å². The van der Waals surface area contributed by atoms with Gasteiger partial charge in [0, 0.05) is 18.6 Å². The van der Waals surface area contributed by atoms with Crippen LogP contribution in [-0.2, 0) is 11.8 Å². The summed E-state index contributed by atoms with van der Waals surface area (Å²) >= 11 is 0. The van der Waals surface area contributed by atoms with Gasteiger partial charge in [0.2, 0.25) is 0 Å². The molecule has 1 amide bonds. The highest BCUT2D eigenvalue weighted by molar-refractivity contribution is 5.99. The topological polar surface area (TPSA) is 97.1 Å². The number of fused-ring (bicyclic) bond motifs is 1. The van der Waals surface area contributed by atoms with Crippen LogP contribution >= 0.6 is 0 Å². The molecule has 1 saturated carbocycles. The molecule has 2 heterocycles. The number of carboxylic acids is 1. The lowest BCUT2D eigenvalue weighted by atomic mass is 10.0. The lowest BCUT2D eigenvalue weighted by Crippen LogP contribution is -2.36. The van der Waals surface area contributed by atoms with Gasteiger partial charge in [-0.15, -0.1) is 0 Å². The average Bonchev–Trinajstić information content (AvgIpc) is 3.40. The Morgan fingerprint density at radius 2 is 2.04 bits per heavy atom. The van der Waals surface area contributed by atoms with Crippen molar-refractivity contribution in [2.24, 2.45) is 7.05 Å². The largest absolute Gasteiger partial charge is 0.479 e. The molecule has 7 heteroatoms. The Bertz CT molecular complexity index is 1010. The van der Waals surface area contributed by atoms with Crippen molar-refractivity contribution in [1.29, 1.82) is 0 Å². The fourth-order valence-electron chi connectivity index (χ4n) is 3.15. The first-order valence-electron chi connectivity index (χ1n) is 8.46. The summed E-state index contributed by atoms with van der Waals surface area (Å²) in [5.74, 6) is -1.31. The van der Waals surface area contributed by atoms with Crippen molar-refractivity contribution < 1.29 is 14.7 Å². The zero-order valence-electron chi connectivity index (χ0n) is 14.2. The number of nitrogens with zero attached hydrogens (tertiary/aromatic N) is 3. The summed E-state index contributed by atoms with van der Waals surface area (Å²) in [4.78, 5) is 29.1. The lowest BCUT2D eigenvalue weighted by molar-refractivity contribution is -0.139. The van der Waals surface area contributed by atoms with Crippen LogP contribution in [0.1, 0.15) is 46.5 Å². The van der Waals surface area contributed by atoms with Gasteiger partial charge in [0.15, 0.2) is 6.04 Å². The van der Waals surface area contributed by atoms with Crippen LogP contribution in [0.5, 0.6) is 0 Å². The number of pyridine rings is 1. The Morgan fingerprint density at radius 3 is 2.69 bits per heavy atom. The molecule has 1 fully saturated rings. The molecule has 132 valence electrons. The maximum Gasteiger partial charge on any atom is 0.332 e. The number of aryl methyl sites for hydroxylation is 1. The highest BCUT2D eigenvalue weighted by Crippen LogP contribution is 2.42. The Labute approximate surface area is 149 Å². The molecule has 0 radical (unpaired) electrons. The molecule has 4 rings (SSSR count). The molecule has 1 aliphatic carbocycles. The van der Waals surface area contributed by atoms with Crippen LogP contribution in [0.25, 0.3) is 10.9 Å². The summed E-state index contributed by atoms with van der Waals surface area (Å²) < 4.78 is 1.44. The monoisotopic (exact) mass is 350 g/mol. The van der Waals surface area contributed by atoms with Gasteiger partial charge in [-0.25, -0.2) is 9.78 Å². The average molecular weight is 350 g/mol. The first-order chi connectivity index (χ1) is 12.5. The number of hydrogen-bond acceptors (Lipinski definition) is 4. The van der Waals surface area contributed by atoms with Crippen molar-refractivity contribution in [3.05, 3.63) is 59.5 Å². The van der Waals surface area contributed by atoms with E-state index in [1.165, 1.54) is 10.9 Å². The first kappa shape index (κ1) is 16.3. The van der Waals surface area contributed by atoms with Gasteiger partial charge in [0.1, 0.15) is 5.69 Å². The minimum absolute atomic E-state index is 0.305. The minimum atomic E-state index is -1.18. The van der Waals surface area contributed by atoms with Gasteiger partial charge < -0.3 is 10.4 Å². The molecule has 2 N–H and O–H groups in total. The minimum Gasteiger partial charge on any atom is -0.479 e. The van der Waals surface area contributed by atoms with Crippen LogP contribution in [0.15, 0.2) is 42.6 Å². The number of amides is 1. The summed E-state index contributed by atoms with van der Waals surface area (Å²) in [6, 6.07) is 10.00. The predicted octanol–water partition coefficient (Wildman–Crippen LogP) is 2.40. The van der Waals surface area contributed by atoms with Crippen molar-refractivity contribution in [1.82, 2.24) is 20.1 Å². The zero-order chi connectivity index (χ0) is 18.3. The molecule has 2 aromatic heterocycles. The van der Waals surface area contributed by atoms with Gasteiger partial charge in [-0.1, -0.05) is 18.2 Å². The summed E-state index contributed by atoms with van der Waals surface area (Å²) in [5.41, 5.74) is 2.31. The molecule has 1 atom stereocenters. The number of aliphatic carboxylic acids is 1. The molecular formula is C19H18N4O3. The number of carboxylic acid groups (broad SMARTS) is 1. The molecule has 0 aliphatic heterocycles. The maximum absolute atomic E-state index is 12.9. The molecule has 0 spiro atoms.